The van der Waals surface area contributed by atoms with Crippen molar-refractivity contribution in [3.8, 4) is 5.69 Å². The van der Waals surface area contributed by atoms with Crippen molar-refractivity contribution in [2.75, 3.05) is 17.7 Å². The molecule has 0 fully saturated rings. The van der Waals surface area contributed by atoms with Crippen molar-refractivity contribution in [2.45, 2.75) is 31.0 Å². The minimum absolute atomic E-state index is 0.0372. The van der Waals surface area contributed by atoms with E-state index in [2.05, 4.69) is 20.4 Å². The molecule has 1 aliphatic rings. The van der Waals surface area contributed by atoms with Gasteiger partial charge >= 0.3 is 5.97 Å². The molecular weight excluding hydrogens is 495 g/mol. The molecule has 1 aliphatic heterocycles. The van der Waals surface area contributed by atoms with Gasteiger partial charge in [-0.1, -0.05) is 11.8 Å². The molecule has 0 spiro atoms. The van der Waals surface area contributed by atoms with Crippen LogP contribution in [-0.4, -0.2) is 48.6 Å². The third-order valence-electron chi connectivity index (χ3n) is 5.29. The maximum atomic E-state index is 13.3. The number of esters is 1. The van der Waals surface area contributed by atoms with E-state index >= 15 is 0 Å². The van der Waals surface area contributed by atoms with Gasteiger partial charge in [0.15, 0.2) is 15.9 Å². The SMILES string of the molecule is CCOC(=O)Cc1csc(NC(=O)CC2CSc3nc4c(cnn4-c4ccc(F)cc4)c(=O)n32)n1. The van der Waals surface area contributed by atoms with E-state index in [0.717, 1.165) is 0 Å². The lowest BCUT2D eigenvalue weighted by atomic mass is 10.2. The zero-order chi connectivity index (χ0) is 24.5. The highest BCUT2D eigenvalue weighted by atomic mass is 32.2. The van der Waals surface area contributed by atoms with Crippen LogP contribution in [0.2, 0.25) is 0 Å². The minimum Gasteiger partial charge on any atom is -0.466 e. The number of carbonyl (C=O) groups is 2. The molecule has 0 aliphatic carbocycles. The number of thiazole rings is 1. The minimum atomic E-state index is -0.382. The Balaban J connectivity index is 1.32. The quantitative estimate of drug-likeness (QED) is 0.295. The van der Waals surface area contributed by atoms with Gasteiger partial charge in [0.05, 0.1) is 36.6 Å². The van der Waals surface area contributed by atoms with Crippen LogP contribution in [0.15, 0.2) is 45.8 Å². The second-order valence-electron chi connectivity index (χ2n) is 7.68. The van der Waals surface area contributed by atoms with Crippen molar-refractivity contribution in [3.63, 3.8) is 0 Å². The molecule has 0 saturated heterocycles. The van der Waals surface area contributed by atoms with Gasteiger partial charge in [-0.25, -0.2) is 19.0 Å². The first-order valence-electron chi connectivity index (χ1n) is 10.7. The summed E-state index contributed by atoms with van der Waals surface area (Å²) in [7, 11) is 0. The molecule has 0 bridgehead atoms. The fourth-order valence-electron chi connectivity index (χ4n) is 3.74. The molecule has 10 nitrogen and oxygen atoms in total. The zero-order valence-corrected chi connectivity index (χ0v) is 20.1. The van der Waals surface area contributed by atoms with E-state index in [1.54, 1.807) is 24.4 Å². The van der Waals surface area contributed by atoms with Crippen LogP contribution in [0.25, 0.3) is 16.7 Å². The van der Waals surface area contributed by atoms with Crippen LogP contribution < -0.4 is 10.9 Å². The average Bonchev–Trinajstić information content (AvgIpc) is 3.54. The molecule has 1 aromatic carbocycles. The molecule has 35 heavy (non-hydrogen) atoms. The molecule has 1 unspecified atom stereocenters. The number of halogens is 1. The van der Waals surface area contributed by atoms with Crippen molar-refractivity contribution < 1.29 is 18.7 Å². The highest BCUT2D eigenvalue weighted by molar-refractivity contribution is 7.99. The van der Waals surface area contributed by atoms with Crippen molar-refractivity contribution >= 4 is 51.1 Å². The molecule has 0 radical (unpaired) electrons. The van der Waals surface area contributed by atoms with E-state index in [1.807, 2.05) is 0 Å². The normalized spacial score (nSPS) is 14.7. The third kappa shape index (κ3) is 4.68. The van der Waals surface area contributed by atoms with Gasteiger partial charge in [0.25, 0.3) is 5.56 Å². The molecule has 5 rings (SSSR count). The number of nitrogens with zero attached hydrogens (tertiary/aromatic N) is 5. The van der Waals surface area contributed by atoms with Gasteiger partial charge in [0.1, 0.15) is 11.2 Å². The lowest BCUT2D eigenvalue weighted by Gasteiger charge is -2.12. The maximum Gasteiger partial charge on any atom is 0.311 e. The Labute approximate surface area is 206 Å². The van der Waals surface area contributed by atoms with Gasteiger partial charge in [0.2, 0.25) is 5.91 Å². The summed E-state index contributed by atoms with van der Waals surface area (Å²) in [6, 6.07) is 5.37. The number of nitrogens with one attached hydrogen (secondary N) is 1. The van der Waals surface area contributed by atoms with E-state index in [9.17, 15) is 18.8 Å². The molecule has 1 amide bonds. The zero-order valence-electron chi connectivity index (χ0n) is 18.4. The second kappa shape index (κ2) is 9.58. The molecule has 13 heteroatoms. The van der Waals surface area contributed by atoms with Crippen LogP contribution in [0, 0.1) is 5.82 Å². The van der Waals surface area contributed by atoms with E-state index < -0.39 is 0 Å². The van der Waals surface area contributed by atoms with Crippen LogP contribution in [0.4, 0.5) is 9.52 Å². The Hall–Kier alpha value is -3.58. The lowest BCUT2D eigenvalue weighted by Crippen LogP contribution is -2.27. The smallest absolute Gasteiger partial charge is 0.311 e. The van der Waals surface area contributed by atoms with Crippen molar-refractivity contribution in [2.24, 2.45) is 0 Å². The number of amides is 1. The third-order valence-corrected chi connectivity index (χ3v) is 7.20. The van der Waals surface area contributed by atoms with Crippen LogP contribution in [0.5, 0.6) is 0 Å². The van der Waals surface area contributed by atoms with Gasteiger partial charge in [0, 0.05) is 17.6 Å². The first-order chi connectivity index (χ1) is 16.9. The fraction of sp³-hybridized carbons (Fsp3) is 0.273. The first kappa shape index (κ1) is 23.2. The standard InChI is InChI=1S/C22H19FN6O4S2/c1-2-33-18(31)7-13-10-34-21(25-13)26-17(30)8-15-11-35-22-27-19-16(20(32)28(15)22)9-24-29(19)14-5-3-12(23)4-6-14/h3-6,9-10,15H,2,7-8,11H2,1H3,(H,25,26,30). The number of fused-ring (bicyclic) bond motifs is 2. The fourth-order valence-corrected chi connectivity index (χ4v) is 5.60. The van der Waals surface area contributed by atoms with Crippen molar-refractivity contribution in [3.05, 3.63) is 57.7 Å². The summed E-state index contributed by atoms with van der Waals surface area (Å²) in [5.41, 5.74) is 1.20. The first-order valence-corrected chi connectivity index (χ1v) is 12.6. The number of hydrogen-bond acceptors (Lipinski definition) is 9. The van der Waals surface area contributed by atoms with Gasteiger partial charge < -0.3 is 10.1 Å². The van der Waals surface area contributed by atoms with Crippen LogP contribution in [-0.2, 0) is 20.7 Å². The number of anilines is 1. The molecule has 4 heterocycles. The van der Waals surface area contributed by atoms with Crippen LogP contribution >= 0.6 is 23.1 Å². The summed E-state index contributed by atoms with van der Waals surface area (Å²) in [5, 5.41) is 9.88. The van der Waals surface area contributed by atoms with Crippen LogP contribution in [0.3, 0.4) is 0 Å². The summed E-state index contributed by atoms with van der Waals surface area (Å²) >= 11 is 2.60. The molecule has 0 saturated carbocycles. The molecular formula is C22H19FN6O4S2. The number of benzene rings is 1. The van der Waals surface area contributed by atoms with Crippen molar-refractivity contribution in [1.82, 2.24) is 24.3 Å². The predicted octanol–water partition coefficient (Wildman–Crippen LogP) is 2.96. The topological polar surface area (TPSA) is 121 Å². The molecule has 1 N–H and O–H groups in total. The van der Waals surface area contributed by atoms with Gasteiger partial charge in [-0.05, 0) is 31.2 Å². The summed E-state index contributed by atoms with van der Waals surface area (Å²) in [6.45, 7) is 2.02. The molecule has 1 atom stereocenters. The summed E-state index contributed by atoms with van der Waals surface area (Å²) < 4.78 is 21.2. The Kier molecular flexibility index (Phi) is 6.34. The van der Waals surface area contributed by atoms with Crippen LogP contribution in [0.1, 0.15) is 25.1 Å². The molecule has 180 valence electrons. The number of hydrogen-bond donors (Lipinski definition) is 1. The summed E-state index contributed by atoms with van der Waals surface area (Å²) in [6.07, 6.45) is 1.53. The highest BCUT2D eigenvalue weighted by Gasteiger charge is 2.30. The van der Waals surface area contributed by atoms with Gasteiger partial charge in [-0.15, -0.1) is 11.3 Å². The lowest BCUT2D eigenvalue weighted by molar-refractivity contribution is -0.142. The Bertz CT molecular complexity index is 1480. The van der Waals surface area contributed by atoms with E-state index in [4.69, 9.17) is 4.74 Å². The number of carbonyl (C=O) groups excluding carboxylic acids is 2. The monoisotopic (exact) mass is 514 g/mol. The van der Waals surface area contributed by atoms with E-state index in [1.165, 1.54) is 50.7 Å². The Morgan fingerprint density at radius 1 is 1.26 bits per heavy atom. The number of rotatable bonds is 7. The summed E-state index contributed by atoms with van der Waals surface area (Å²) in [4.78, 5) is 46.4. The summed E-state index contributed by atoms with van der Waals surface area (Å²) in [5.74, 6) is -0.535. The largest absolute Gasteiger partial charge is 0.466 e. The van der Waals surface area contributed by atoms with E-state index in [0.29, 0.717) is 45.1 Å². The Morgan fingerprint density at radius 2 is 2.06 bits per heavy atom. The second-order valence-corrected chi connectivity index (χ2v) is 9.53. The maximum absolute atomic E-state index is 13.3. The predicted molar refractivity (Wildman–Crippen MR) is 129 cm³/mol. The van der Waals surface area contributed by atoms with Gasteiger partial charge in [-0.2, -0.15) is 5.10 Å². The number of ether oxygens (including phenoxy) is 1. The number of thioether (sulfide) groups is 1. The van der Waals surface area contributed by atoms with E-state index in [-0.39, 0.29) is 42.1 Å². The highest BCUT2D eigenvalue weighted by Crippen LogP contribution is 2.33. The van der Waals surface area contributed by atoms with Gasteiger partial charge in [-0.3, -0.25) is 19.0 Å². The number of aromatic nitrogens is 5. The molecule has 3 aromatic heterocycles. The van der Waals surface area contributed by atoms with Crippen molar-refractivity contribution in [1.29, 1.82) is 0 Å². The average molecular weight is 515 g/mol. The Morgan fingerprint density at radius 3 is 2.83 bits per heavy atom. The molecule has 4 aromatic rings.